The number of hydrogen-bond donors (Lipinski definition) is 1. The van der Waals surface area contributed by atoms with Gasteiger partial charge < -0.3 is 5.32 Å². The Morgan fingerprint density at radius 3 is 2.04 bits per heavy atom. The van der Waals surface area contributed by atoms with Gasteiger partial charge in [-0.1, -0.05) is 89.9 Å². The van der Waals surface area contributed by atoms with Crippen LogP contribution in [0.4, 0.5) is 0 Å². The third kappa shape index (κ3) is 5.72. The lowest BCUT2D eigenvalue weighted by Crippen LogP contribution is -2.23. The van der Waals surface area contributed by atoms with Crippen molar-refractivity contribution in [2.75, 3.05) is 6.54 Å². The molecule has 3 aromatic rings. The van der Waals surface area contributed by atoms with Gasteiger partial charge in [-0.05, 0) is 41.3 Å². The molecule has 3 aromatic carbocycles. The molecule has 0 fully saturated rings. The third-order valence-electron chi connectivity index (χ3n) is 4.51. The maximum atomic E-state index is 12.2. The third-order valence-corrected chi connectivity index (χ3v) is 5.25. The first-order chi connectivity index (χ1) is 13.6. The molecule has 0 radical (unpaired) electrons. The Labute approximate surface area is 175 Å². The second kappa shape index (κ2) is 10.1. The fraction of sp³-hybridized carbons (Fsp3) is 0.125. The number of carbonyl (C=O) groups is 1. The molecule has 0 bridgehead atoms. The summed E-state index contributed by atoms with van der Waals surface area (Å²) in [4.78, 5) is 12.2. The molecule has 4 heteroatoms. The first kappa shape index (κ1) is 20.2. The number of amides is 1. The van der Waals surface area contributed by atoms with E-state index in [1.165, 1.54) is 17.2 Å². The zero-order chi connectivity index (χ0) is 19.8. The van der Waals surface area contributed by atoms with Crippen molar-refractivity contribution in [2.24, 2.45) is 0 Å². The fourth-order valence-corrected chi connectivity index (χ4v) is 3.39. The second-order valence-corrected chi connectivity index (χ2v) is 7.27. The highest BCUT2D eigenvalue weighted by Crippen LogP contribution is 2.27. The molecule has 1 N–H and O–H groups in total. The molecule has 142 valence electrons. The van der Waals surface area contributed by atoms with E-state index in [0.717, 1.165) is 12.0 Å². The zero-order valence-corrected chi connectivity index (χ0v) is 16.8. The average molecular weight is 410 g/mol. The predicted octanol–water partition coefficient (Wildman–Crippen LogP) is 6.35. The van der Waals surface area contributed by atoms with Crippen LogP contribution in [0.1, 0.15) is 29.0 Å². The number of hydrogen-bond acceptors (Lipinski definition) is 1. The summed E-state index contributed by atoms with van der Waals surface area (Å²) in [5.74, 6) is 0.104. The fourth-order valence-electron chi connectivity index (χ4n) is 3.08. The molecular formula is C24H21Cl2NO. The van der Waals surface area contributed by atoms with E-state index >= 15 is 0 Å². The quantitative estimate of drug-likeness (QED) is 0.452. The van der Waals surface area contributed by atoms with Gasteiger partial charge >= 0.3 is 0 Å². The van der Waals surface area contributed by atoms with E-state index in [1.807, 2.05) is 42.5 Å². The van der Waals surface area contributed by atoms with E-state index < -0.39 is 0 Å². The highest BCUT2D eigenvalue weighted by Gasteiger charge is 2.13. The summed E-state index contributed by atoms with van der Waals surface area (Å²) in [5, 5.41) is 3.93. The lowest BCUT2D eigenvalue weighted by atomic mass is 9.88. The van der Waals surface area contributed by atoms with Crippen LogP contribution in [0.5, 0.6) is 0 Å². The molecule has 0 aliphatic carbocycles. The van der Waals surface area contributed by atoms with Crippen LogP contribution < -0.4 is 5.32 Å². The number of rotatable bonds is 7. The second-order valence-electron chi connectivity index (χ2n) is 6.46. The number of benzene rings is 3. The lowest BCUT2D eigenvalue weighted by Gasteiger charge is -2.18. The topological polar surface area (TPSA) is 29.1 Å². The van der Waals surface area contributed by atoms with E-state index in [9.17, 15) is 4.79 Å². The Kier molecular flexibility index (Phi) is 7.30. The highest BCUT2D eigenvalue weighted by molar-refractivity contribution is 6.42. The van der Waals surface area contributed by atoms with Crippen molar-refractivity contribution >= 4 is 35.2 Å². The first-order valence-corrected chi connectivity index (χ1v) is 9.90. The Balaban J connectivity index is 1.60. The summed E-state index contributed by atoms with van der Waals surface area (Å²) < 4.78 is 0. The monoisotopic (exact) mass is 409 g/mol. The summed E-state index contributed by atoms with van der Waals surface area (Å²) >= 11 is 11.9. The van der Waals surface area contributed by atoms with Gasteiger partial charge in [-0.25, -0.2) is 0 Å². The van der Waals surface area contributed by atoms with Crippen LogP contribution in [0, 0.1) is 0 Å². The molecule has 0 aliphatic heterocycles. The van der Waals surface area contributed by atoms with Gasteiger partial charge in [0.1, 0.15) is 0 Å². The van der Waals surface area contributed by atoms with Gasteiger partial charge in [-0.3, -0.25) is 4.79 Å². The lowest BCUT2D eigenvalue weighted by molar-refractivity contribution is -0.116. The Morgan fingerprint density at radius 2 is 1.46 bits per heavy atom. The summed E-state index contributed by atoms with van der Waals surface area (Å²) in [5.41, 5.74) is 3.32. The normalized spacial score (nSPS) is 11.1. The van der Waals surface area contributed by atoms with E-state index in [-0.39, 0.29) is 11.8 Å². The largest absolute Gasteiger partial charge is 0.353 e. The van der Waals surface area contributed by atoms with Gasteiger partial charge in [-0.2, -0.15) is 0 Å². The molecule has 1 amide bonds. The van der Waals surface area contributed by atoms with Crippen LogP contribution in [0.15, 0.2) is 84.9 Å². The number of nitrogens with one attached hydrogen (secondary N) is 1. The minimum atomic E-state index is -0.133. The predicted molar refractivity (Wildman–Crippen MR) is 118 cm³/mol. The van der Waals surface area contributed by atoms with Crippen LogP contribution in [0.2, 0.25) is 10.0 Å². The van der Waals surface area contributed by atoms with Crippen LogP contribution in [-0.4, -0.2) is 12.5 Å². The molecule has 0 spiro atoms. The minimum absolute atomic E-state index is 0.133. The Hall–Kier alpha value is -2.55. The molecule has 3 rings (SSSR count). The molecule has 28 heavy (non-hydrogen) atoms. The van der Waals surface area contributed by atoms with Crippen molar-refractivity contribution in [3.05, 3.63) is 112 Å². The van der Waals surface area contributed by atoms with Crippen LogP contribution in [0.25, 0.3) is 6.08 Å². The van der Waals surface area contributed by atoms with Gasteiger partial charge in [0.15, 0.2) is 0 Å². The summed E-state index contributed by atoms with van der Waals surface area (Å²) in [7, 11) is 0. The van der Waals surface area contributed by atoms with Crippen molar-refractivity contribution in [3.8, 4) is 0 Å². The molecule has 0 saturated heterocycles. The summed E-state index contributed by atoms with van der Waals surface area (Å²) in [6.07, 6.45) is 4.06. The number of carbonyl (C=O) groups excluding carboxylic acids is 1. The maximum absolute atomic E-state index is 12.2. The van der Waals surface area contributed by atoms with Crippen molar-refractivity contribution < 1.29 is 4.79 Å². The van der Waals surface area contributed by atoms with E-state index in [0.29, 0.717) is 16.6 Å². The van der Waals surface area contributed by atoms with Crippen molar-refractivity contribution in [1.29, 1.82) is 0 Å². The summed E-state index contributed by atoms with van der Waals surface area (Å²) in [6, 6.07) is 26.0. The highest BCUT2D eigenvalue weighted by atomic mass is 35.5. The summed E-state index contributed by atoms with van der Waals surface area (Å²) in [6.45, 7) is 0.582. The van der Waals surface area contributed by atoms with E-state index in [1.54, 1.807) is 18.2 Å². The maximum Gasteiger partial charge on any atom is 0.243 e. The molecule has 0 aliphatic rings. The van der Waals surface area contributed by atoms with Gasteiger partial charge in [0, 0.05) is 18.5 Å². The van der Waals surface area contributed by atoms with Gasteiger partial charge in [0.25, 0.3) is 0 Å². The molecule has 2 nitrogen and oxygen atoms in total. The van der Waals surface area contributed by atoms with Gasteiger partial charge in [0.05, 0.1) is 10.0 Å². The standard InChI is InChI=1S/C24H21Cl2NO/c25-22-13-11-18(17-23(22)26)12-14-24(28)27-16-15-21(19-7-3-1-4-8-19)20-9-5-2-6-10-20/h1-14,17,21H,15-16H2,(H,27,28)/b14-12+. The zero-order valence-electron chi connectivity index (χ0n) is 15.3. The number of halogens is 2. The van der Waals surface area contributed by atoms with Crippen LogP contribution in [0.3, 0.4) is 0 Å². The Morgan fingerprint density at radius 1 is 0.857 bits per heavy atom. The van der Waals surface area contributed by atoms with E-state index in [4.69, 9.17) is 23.2 Å². The first-order valence-electron chi connectivity index (χ1n) is 9.14. The molecule has 0 heterocycles. The van der Waals surface area contributed by atoms with Crippen LogP contribution in [-0.2, 0) is 4.79 Å². The van der Waals surface area contributed by atoms with Gasteiger partial charge in [0.2, 0.25) is 5.91 Å². The Bertz CT molecular complexity index is 900. The van der Waals surface area contributed by atoms with Crippen molar-refractivity contribution in [1.82, 2.24) is 5.32 Å². The molecule has 0 unspecified atom stereocenters. The van der Waals surface area contributed by atoms with Gasteiger partial charge in [-0.15, -0.1) is 0 Å². The SMILES string of the molecule is O=C(/C=C/c1ccc(Cl)c(Cl)c1)NCCC(c1ccccc1)c1ccccc1. The average Bonchev–Trinajstić information content (AvgIpc) is 2.73. The van der Waals surface area contributed by atoms with Crippen LogP contribution >= 0.6 is 23.2 Å². The smallest absolute Gasteiger partial charge is 0.243 e. The molecule has 0 saturated carbocycles. The van der Waals surface area contributed by atoms with E-state index in [2.05, 4.69) is 29.6 Å². The molecule has 0 aromatic heterocycles. The van der Waals surface area contributed by atoms with Crippen molar-refractivity contribution in [2.45, 2.75) is 12.3 Å². The molecule has 0 atom stereocenters. The molecular weight excluding hydrogens is 389 g/mol. The minimum Gasteiger partial charge on any atom is -0.353 e. The van der Waals surface area contributed by atoms with Crippen molar-refractivity contribution in [3.63, 3.8) is 0 Å².